The van der Waals surface area contributed by atoms with Gasteiger partial charge in [0.15, 0.2) is 0 Å². The number of nitriles is 1. The van der Waals surface area contributed by atoms with Gasteiger partial charge in [-0.15, -0.1) is 0 Å². The smallest absolute Gasteiger partial charge is 0.147 e. The molecule has 2 N–H and O–H groups in total. The van der Waals surface area contributed by atoms with Gasteiger partial charge in [-0.2, -0.15) is 5.26 Å². The molecule has 3 aromatic rings. The summed E-state index contributed by atoms with van der Waals surface area (Å²) >= 11 is 0. The number of hydrogen-bond acceptors (Lipinski definition) is 2. The van der Waals surface area contributed by atoms with Gasteiger partial charge < -0.3 is 10.3 Å². The standard InChI is InChI=1S/C17H14FN3/c1-11(20)17-13(10-19)12-6-2-4-8-15(12)21(17)16-9-5-3-7-14(16)18/h2-9,11H,20H2,1H3. The highest BCUT2D eigenvalue weighted by Crippen LogP contribution is 2.32. The van der Waals surface area contributed by atoms with Crippen LogP contribution in [0.25, 0.3) is 16.6 Å². The van der Waals surface area contributed by atoms with E-state index in [1.54, 1.807) is 29.7 Å². The lowest BCUT2D eigenvalue weighted by Gasteiger charge is -2.14. The van der Waals surface area contributed by atoms with Gasteiger partial charge in [0.25, 0.3) is 0 Å². The van der Waals surface area contributed by atoms with Crippen LogP contribution in [0.15, 0.2) is 48.5 Å². The molecular weight excluding hydrogens is 265 g/mol. The first-order valence-electron chi connectivity index (χ1n) is 6.69. The normalized spacial score (nSPS) is 12.3. The lowest BCUT2D eigenvalue weighted by atomic mass is 10.1. The van der Waals surface area contributed by atoms with Crippen molar-refractivity contribution >= 4 is 10.9 Å². The number of halogens is 1. The van der Waals surface area contributed by atoms with Crippen molar-refractivity contribution in [1.29, 1.82) is 5.26 Å². The average molecular weight is 279 g/mol. The summed E-state index contributed by atoms with van der Waals surface area (Å²) in [5.41, 5.74) is 8.37. The van der Waals surface area contributed by atoms with Gasteiger partial charge >= 0.3 is 0 Å². The van der Waals surface area contributed by atoms with E-state index in [0.29, 0.717) is 16.9 Å². The number of hydrogen-bond donors (Lipinski definition) is 1. The number of nitrogens with two attached hydrogens (primary N) is 1. The van der Waals surface area contributed by atoms with Crippen LogP contribution in [-0.2, 0) is 0 Å². The monoisotopic (exact) mass is 279 g/mol. The lowest BCUT2D eigenvalue weighted by Crippen LogP contribution is -2.13. The molecule has 0 fully saturated rings. The van der Waals surface area contributed by atoms with Gasteiger partial charge in [-0.3, -0.25) is 0 Å². The number of aromatic nitrogens is 1. The number of para-hydroxylation sites is 2. The fourth-order valence-corrected chi connectivity index (χ4v) is 2.70. The van der Waals surface area contributed by atoms with Crippen LogP contribution in [0, 0.1) is 17.1 Å². The summed E-state index contributed by atoms with van der Waals surface area (Å²) in [5.74, 6) is -0.343. The first-order valence-corrected chi connectivity index (χ1v) is 6.69. The van der Waals surface area contributed by atoms with E-state index in [1.165, 1.54) is 6.07 Å². The van der Waals surface area contributed by atoms with Crippen LogP contribution in [-0.4, -0.2) is 4.57 Å². The third kappa shape index (κ3) is 1.99. The summed E-state index contributed by atoms with van der Waals surface area (Å²) in [4.78, 5) is 0. The molecule has 0 aliphatic carbocycles. The number of benzene rings is 2. The lowest BCUT2D eigenvalue weighted by molar-refractivity contribution is 0.614. The number of nitrogens with zero attached hydrogens (tertiary/aromatic N) is 2. The summed E-state index contributed by atoms with van der Waals surface area (Å²) in [6.45, 7) is 1.80. The molecule has 4 heteroatoms. The molecule has 0 bridgehead atoms. The van der Waals surface area contributed by atoms with Gasteiger partial charge in [0.2, 0.25) is 0 Å². The highest BCUT2D eigenvalue weighted by Gasteiger charge is 2.21. The van der Waals surface area contributed by atoms with E-state index in [2.05, 4.69) is 6.07 Å². The van der Waals surface area contributed by atoms with E-state index in [-0.39, 0.29) is 11.9 Å². The Hall–Kier alpha value is -2.64. The Morgan fingerprint density at radius 1 is 1.14 bits per heavy atom. The Morgan fingerprint density at radius 3 is 2.48 bits per heavy atom. The van der Waals surface area contributed by atoms with Crippen LogP contribution in [0.3, 0.4) is 0 Å². The van der Waals surface area contributed by atoms with Crippen LogP contribution in [0.5, 0.6) is 0 Å². The van der Waals surface area contributed by atoms with E-state index in [4.69, 9.17) is 5.73 Å². The van der Waals surface area contributed by atoms with Crippen LogP contribution >= 0.6 is 0 Å². The van der Waals surface area contributed by atoms with Crippen molar-refractivity contribution in [2.45, 2.75) is 13.0 Å². The summed E-state index contributed by atoms with van der Waals surface area (Å²) < 4.78 is 16.0. The van der Waals surface area contributed by atoms with Gasteiger partial charge in [-0.05, 0) is 25.1 Å². The van der Waals surface area contributed by atoms with Gasteiger partial charge in [-0.25, -0.2) is 4.39 Å². The van der Waals surface area contributed by atoms with Crippen molar-refractivity contribution < 1.29 is 4.39 Å². The molecule has 21 heavy (non-hydrogen) atoms. The Morgan fingerprint density at radius 2 is 1.81 bits per heavy atom. The molecule has 1 aromatic heterocycles. The Balaban J connectivity index is 2.50. The number of fused-ring (bicyclic) bond motifs is 1. The molecule has 0 amide bonds. The second kappa shape index (κ2) is 5.04. The summed E-state index contributed by atoms with van der Waals surface area (Å²) in [6.07, 6.45) is 0. The maximum Gasteiger partial charge on any atom is 0.147 e. The van der Waals surface area contributed by atoms with Crippen molar-refractivity contribution in [2.24, 2.45) is 5.73 Å². The zero-order valence-electron chi connectivity index (χ0n) is 11.5. The van der Waals surface area contributed by atoms with E-state index in [9.17, 15) is 9.65 Å². The minimum absolute atomic E-state index is 0.343. The van der Waals surface area contributed by atoms with Crippen molar-refractivity contribution in [2.75, 3.05) is 0 Å². The highest BCUT2D eigenvalue weighted by atomic mass is 19.1. The van der Waals surface area contributed by atoms with Crippen molar-refractivity contribution in [1.82, 2.24) is 4.57 Å². The van der Waals surface area contributed by atoms with Gasteiger partial charge in [0, 0.05) is 11.4 Å². The summed E-state index contributed by atoms with van der Waals surface area (Å²) in [7, 11) is 0. The van der Waals surface area contributed by atoms with Crippen molar-refractivity contribution in [3.63, 3.8) is 0 Å². The molecule has 0 aliphatic heterocycles. The fraction of sp³-hybridized carbons (Fsp3) is 0.118. The zero-order valence-corrected chi connectivity index (χ0v) is 11.5. The third-order valence-electron chi connectivity index (χ3n) is 3.55. The van der Waals surface area contributed by atoms with Gasteiger partial charge in [0.05, 0.1) is 22.5 Å². The Kier molecular flexibility index (Phi) is 3.20. The summed E-state index contributed by atoms with van der Waals surface area (Å²) in [5, 5.41) is 10.3. The zero-order chi connectivity index (χ0) is 15.0. The molecule has 0 aliphatic rings. The van der Waals surface area contributed by atoms with E-state index in [0.717, 1.165) is 10.9 Å². The molecule has 0 saturated carbocycles. The SMILES string of the molecule is CC(N)c1c(C#N)c2ccccc2n1-c1ccccc1F. The molecule has 0 saturated heterocycles. The first kappa shape index (κ1) is 13.3. The van der Waals surface area contributed by atoms with Gasteiger partial charge in [0.1, 0.15) is 11.9 Å². The average Bonchev–Trinajstić information content (AvgIpc) is 2.82. The predicted molar refractivity (Wildman–Crippen MR) is 80.6 cm³/mol. The number of rotatable bonds is 2. The minimum Gasteiger partial charge on any atom is -0.323 e. The molecule has 104 valence electrons. The van der Waals surface area contributed by atoms with E-state index >= 15 is 0 Å². The molecule has 0 spiro atoms. The van der Waals surface area contributed by atoms with Gasteiger partial charge in [-0.1, -0.05) is 30.3 Å². The molecule has 1 heterocycles. The largest absolute Gasteiger partial charge is 0.323 e. The Bertz CT molecular complexity index is 856. The van der Waals surface area contributed by atoms with Crippen LogP contribution in [0.4, 0.5) is 4.39 Å². The molecule has 1 unspecified atom stereocenters. The first-order chi connectivity index (χ1) is 10.1. The molecule has 3 nitrogen and oxygen atoms in total. The predicted octanol–water partition coefficient (Wildman–Crippen LogP) is 3.66. The Labute approximate surface area is 122 Å². The minimum atomic E-state index is -0.383. The maximum atomic E-state index is 14.2. The third-order valence-corrected chi connectivity index (χ3v) is 3.55. The van der Waals surface area contributed by atoms with Crippen molar-refractivity contribution in [3.05, 3.63) is 65.6 Å². The van der Waals surface area contributed by atoms with Crippen molar-refractivity contribution in [3.8, 4) is 11.8 Å². The second-order valence-corrected chi connectivity index (χ2v) is 4.96. The molecule has 1 atom stereocenters. The second-order valence-electron chi connectivity index (χ2n) is 4.96. The highest BCUT2D eigenvalue weighted by molar-refractivity contribution is 5.90. The van der Waals surface area contributed by atoms with Crippen LogP contribution < -0.4 is 5.73 Å². The molecule has 2 aromatic carbocycles. The molecular formula is C17H14FN3. The molecule has 0 radical (unpaired) electrons. The quantitative estimate of drug-likeness (QED) is 0.778. The molecule has 3 rings (SSSR count). The van der Waals surface area contributed by atoms with E-state index in [1.807, 2.05) is 24.3 Å². The fourth-order valence-electron chi connectivity index (χ4n) is 2.70. The topological polar surface area (TPSA) is 54.7 Å². The van der Waals surface area contributed by atoms with Crippen LogP contribution in [0.1, 0.15) is 24.2 Å². The summed E-state index contributed by atoms with van der Waals surface area (Å²) in [6, 6.07) is 15.8. The van der Waals surface area contributed by atoms with Crippen LogP contribution in [0.2, 0.25) is 0 Å². The van der Waals surface area contributed by atoms with E-state index < -0.39 is 0 Å². The maximum absolute atomic E-state index is 14.2.